The minimum Gasteiger partial charge on any atom is -0.387 e. The van der Waals surface area contributed by atoms with Crippen LogP contribution < -0.4 is 0 Å². The zero-order valence-corrected chi connectivity index (χ0v) is 12.7. The van der Waals surface area contributed by atoms with Crippen molar-refractivity contribution in [3.05, 3.63) is 20.3 Å². The van der Waals surface area contributed by atoms with E-state index in [2.05, 4.69) is 42.8 Å². The summed E-state index contributed by atoms with van der Waals surface area (Å²) < 4.78 is 1.07. The van der Waals surface area contributed by atoms with Gasteiger partial charge in [0.1, 0.15) is 0 Å². The van der Waals surface area contributed by atoms with Crippen molar-refractivity contribution in [1.29, 1.82) is 0 Å². The number of aliphatic hydroxyl groups is 1. The van der Waals surface area contributed by atoms with Gasteiger partial charge in [-0.3, -0.25) is 0 Å². The van der Waals surface area contributed by atoms with Gasteiger partial charge >= 0.3 is 0 Å². The monoisotopic (exact) mass is 304 g/mol. The Balaban J connectivity index is 2.74. The third-order valence-electron chi connectivity index (χ3n) is 3.00. The van der Waals surface area contributed by atoms with Crippen molar-refractivity contribution >= 4 is 27.3 Å². The molecule has 2 atom stereocenters. The van der Waals surface area contributed by atoms with E-state index < -0.39 is 0 Å². The fraction of sp³-hybridized carbons (Fsp3) is 0.692. The summed E-state index contributed by atoms with van der Waals surface area (Å²) in [5.74, 6) is 0.397. The molecule has 1 N–H and O–H groups in total. The minimum absolute atomic E-state index is 0.301. The first kappa shape index (κ1) is 14.2. The van der Waals surface area contributed by atoms with E-state index in [0.717, 1.165) is 22.2 Å². The standard InChI is InChI=1S/C13H21BrOS/c1-4-6-7-10(5-2)12(15)13-11(14)8-9(3)16-13/h8,10,12,15H,4-7H2,1-3H3. The molecule has 1 rings (SSSR count). The van der Waals surface area contributed by atoms with Crippen LogP contribution >= 0.6 is 27.3 Å². The number of hydrogen-bond acceptors (Lipinski definition) is 2. The average molecular weight is 305 g/mol. The molecule has 92 valence electrons. The van der Waals surface area contributed by atoms with Gasteiger partial charge in [-0.1, -0.05) is 33.1 Å². The number of halogens is 1. The molecule has 2 unspecified atom stereocenters. The van der Waals surface area contributed by atoms with Crippen LogP contribution in [0.3, 0.4) is 0 Å². The SMILES string of the molecule is CCCCC(CC)C(O)c1sc(C)cc1Br. The van der Waals surface area contributed by atoms with Crippen LogP contribution in [-0.2, 0) is 0 Å². The summed E-state index contributed by atoms with van der Waals surface area (Å²) in [6, 6.07) is 2.09. The Bertz CT molecular complexity index is 322. The number of aliphatic hydroxyl groups excluding tert-OH is 1. The van der Waals surface area contributed by atoms with E-state index >= 15 is 0 Å². The Hall–Kier alpha value is 0.140. The Morgan fingerprint density at radius 3 is 2.56 bits per heavy atom. The maximum atomic E-state index is 10.4. The Labute approximate surface area is 111 Å². The molecule has 1 aromatic rings. The highest BCUT2D eigenvalue weighted by Gasteiger charge is 2.22. The molecule has 3 heteroatoms. The van der Waals surface area contributed by atoms with Crippen molar-refractivity contribution in [3.8, 4) is 0 Å². The second-order valence-corrected chi connectivity index (χ2v) is 6.47. The molecular weight excluding hydrogens is 284 g/mol. The zero-order chi connectivity index (χ0) is 12.1. The summed E-state index contributed by atoms with van der Waals surface area (Å²) in [6.07, 6.45) is 4.28. The van der Waals surface area contributed by atoms with Crippen LogP contribution in [0.2, 0.25) is 0 Å². The molecule has 16 heavy (non-hydrogen) atoms. The number of aryl methyl sites for hydroxylation is 1. The zero-order valence-electron chi connectivity index (χ0n) is 10.3. The van der Waals surface area contributed by atoms with E-state index in [4.69, 9.17) is 0 Å². The highest BCUT2D eigenvalue weighted by atomic mass is 79.9. The molecule has 0 fully saturated rings. The third kappa shape index (κ3) is 3.57. The Morgan fingerprint density at radius 1 is 1.44 bits per heavy atom. The highest BCUT2D eigenvalue weighted by molar-refractivity contribution is 9.10. The van der Waals surface area contributed by atoms with Crippen molar-refractivity contribution in [1.82, 2.24) is 0 Å². The lowest BCUT2D eigenvalue weighted by molar-refractivity contribution is 0.102. The van der Waals surface area contributed by atoms with Gasteiger partial charge in [-0.15, -0.1) is 11.3 Å². The van der Waals surface area contributed by atoms with Gasteiger partial charge < -0.3 is 5.11 Å². The summed E-state index contributed by atoms with van der Waals surface area (Å²) in [5.41, 5.74) is 0. The van der Waals surface area contributed by atoms with Gasteiger partial charge in [-0.05, 0) is 41.3 Å². The molecule has 0 saturated heterocycles. The van der Waals surface area contributed by atoms with Crippen LogP contribution in [0.5, 0.6) is 0 Å². The van der Waals surface area contributed by atoms with E-state index in [9.17, 15) is 5.11 Å². The van der Waals surface area contributed by atoms with Crippen LogP contribution in [-0.4, -0.2) is 5.11 Å². The number of thiophene rings is 1. The summed E-state index contributed by atoms with van der Waals surface area (Å²) in [4.78, 5) is 2.35. The molecule has 0 radical (unpaired) electrons. The molecule has 1 nitrogen and oxygen atoms in total. The first-order valence-corrected chi connectivity index (χ1v) is 7.64. The van der Waals surface area contributed by atoms with Crippen LogP contribution in [0.1, 0.15) is 55.4 Å². The van der Waals surface area contributed by atoms with Crippen LogP contribution in [0.15, 0.2) is 10.5 Å². The summed E-state index contributed by atoms with van der Waals surface area (Å²) in [6.45, 7) is 6.45. The molecule has 0 aliphatic carbocycles. The van der Waals surface area contributed by atoms with Crippen molar-refractivity contribution in [3.63, 3.8) is 0 Å². The first-order valence-electron chi connectivity index (χ1n) is 6.04. The minimum atomic E-state index is -0.301. The lowest BCUT2D eigenvalue weighted by Crippen LogP contribution is -2.11. The Kier molecular flexibility index (Phi) is 6.01. The van der Waals surface area contributed by atoms with Gasteiger partial charge in [-0.25, -0.2) is 0 Å². The first-order chi connectivity index (χ1) is 7.60. The second-order valence-electron chi connectivity index (χ2n) is 4.32. The summed E-state index contributed by atoms with van der Waals surface area (Å²) in [7, 11) is 0. The predicted molar refractivity (Wildman–Crippen MR) is 75.0 cm³/mol. The van der Waals surface area contributed by atoms with E-state index in [0.29, 0.717) is 5.92 Å². The van der Waals surface area contributed by atoms with Gasteiger partial charge in [0.2, 0.25) is 0 Å². The Morgan fingerprint density at radius 2 is 2.12 bits per heavy atom. The van der Waals surface area contributed by atoms with Gasteiger partial charge in [0.05, 0.1) is 6.10 Å². The molecule has 0 aliphatic rings. The van der Waals surface area contributed by atoms with E-state index in [1.165, 1.54) is 17.7 Å². The molecule has 1 heterocycles. The third-order valence-corrected chi connectivity index (χ3v) is 5.04. The molecular formula is C13H21BrOS. The predicted octanol–water partition coefficient (Wildman–Crippen LogP) is 5.07. The van der Waals surface area contributed by atoms with Crippen LogP contribution in [0.25, 0.3) is 0 Å². The van der Waals surface area contributed by atoms with E-state index in [1.54, 1.807) is 11.3 Å². The van der Waals surface area contributed by atoms with Crippen molar-refractivity contribution in [2.75, 3.05) is 0 Å². The van der Waals surface area contributed by atoms with Gasteiger partial charge in [0.15, 0.2) is 0 Å². The fourth-order valence-corrected chi connectivity index (χ4v) is 3.93. The van der Waals surface area contributed by atoms with Crippen molar-refractivity contribution in [2.45, 2.75) is 52.6 Å². The van der Waals surface area contributed by atoms with E-state index in [1.807, 2.05) is 0 Å². The molecule has 0 spiro atoms. The number of rotatable bonds is 6. The molecule has 0 amide bonds. The average Bonchev–Trinajstić information content (AvgIpc) is 2.58. The topological polar surface area (TPSA) is 20.2 Å². The van der Waals surface area contributed by atoms with Crippen LogP contribution in [0.4, 0.5) is 0 Å². The van der Waals surface area contributed by atoms with Gasteiger partial charge in [-0.2, -0.15) is 0 Å². The molecule has 1 aromatic heterocycles. The fourth-order valence-electron chi connectivity index (χ4n) is 1.97. The quantitative estimate of drug-likeness (QED) is 0.778. The molecule has 0 aliphatic heterocycles. The maximum Gasteiger partial charge on any atom is 0.0921 e. The normalized spacial score (nSPS) is 15.1. The molecule has 0 bridgehead atoms. The smallest absolute Gasteiger partial charge is 0.0921 e. The van der Waals surface area contributed by atoms with Gasteiger partial charge in [0.25, 0.3) is 0 Å². The van der Waals surface area contributed by atoms with Crippen LogP contribution in [0, 0.1) is 12.8 Å². The second kappa shape index (κ2) is 6.77. The van der Waals surface area contributed by atoms with Gasteiger partial charge in [0, 0.05) is 14.2 Å². The lowest BCUT2D eigenvalue weighted by atomic mass is 9.92. The van der Waals surface area contributed by atoms with E-state index in [-0.39, 0.29) is 6.10 Å². The van der Waals surface area contributed by atoms with Crippen molar-refractivity contribution < 1.29 is 5.11 Å². The highest BCUT2D eigenvalue weighted by Crippen LogP contribution is 2.38. The lowest BCUT2D eigenvalue weighted by Gasteiger charge is -2.20. The van der Waals surface area contributed by atoms with Crippen molar-refractivity contribution in [2.24, 2.45) is 5.92 Å². The summed E-state index contributed by atoms with van der Waals surface area (Å²) in [5, 5.41) is 10.4. The largest absolute Gasteiger partial charge is 0.387 e. The maximum absolute atomic E-state index is 10.4. The molecule has 0 saturated carbocycles. The summed E-state index contributed by atoms with van der Waals surface area (Å²) >= 11 is 5.24. The number of hydrogen-bond donors (Lipinski definition) is 1. The molecule has 0 aromatic carbocycles. The number of unbranched alkanes of at least 4 members (excludes halogenated alkanes) is 1.